The number of halogens is 5. The van der Waals surface area contributed by atoms with Crippen LogP contribution in [0, 0.1) is 5.92 Å². The molecule has 1 amide bonds. The molecule has 0 saturated heterocycles. The van der Waals surface area contributed by atoms with Gasteiger partial charge in [-0.2, -0.15) is 5.10 Å². The summed E-state index contributed by atoms with van der Waals surface area (Å²) >= 11 is 0. The van der Waals surface area contributed by atoms with Crippen LogP contribution >= 0.6 is 0 Å². The highest BCUT2D eigenvalue weighted by Crippen LogP contribution is 2.41. The summed E-state index contributed by atoms with van der Waals surface area (Å²) in [6.07, 6.45) is -1.96. The standard InChI is InChI=1S/C20H20F5N7O2/c21-13(18(22)23)8-31-15(7-26-30-31)19(34)29-17(12-1-3-20(24,25)4-2-12)14-9-32-16(28-14)5-11(10-33)6-27-32/h5-7,9-10,12-13,17-18H,1-4,8H2,(H,29,34). The van der Waals surface area contributed by atoms with E-state index in [1.165, 1.54) is 23.0 Å². The highest BCUT2D eigenvalue weighted by Gasteiger charge is 2.39. The van der Waals surface area contributed by atoms with Crippen molar-refractivity contribution in [1.82, 2.24) is 34.9 Å². The number of nitrogens with one attached hydrogen (secondary N) is 1. The number of nitrogens with zero attached hydrogens (tertiary/aromatic N) is 6. The van der Waals surface area contributed by atoms with Gasteiger partial charge in [-0.15, -0.1) is 5.10 Å². The van der Waals surface area contributed by atoms with Crippen molar-refractivity contribution in [3.05, 3.63) is 41.6 Å². The maximum Gasteiger partial charge on any atom is 0.271 e. The summed E-state index contributed by atoms with van der Waals surface area (Å²) in [6.45, 7) is -0.881. The first kappa shape index (κ1) is 23.7. The van der Waals surface area contributed by atoms with E-state index in [1.807, 2.05) is 0 Å². The van der Waals surface area contributed by atoms with Crippen molar-refractivity contribution in [1.29, 1.82) is 0 Å². The van der Waals surface area contributed by atoms with Crippen molar-refractivity contribution >= 4 is 17.8 Å². The second kappa shape index (κ2) is 9.43. The number of amides is 1. The minimum Gasteiger partial charge on any atom is -0.342 e. The van der Waals surface area contributed by atoms with E-state index in [2.05, 4.69) is 25.7 Å². The number of carbonyl (C=O) groups is 2. The van der Waals surface area contributed by atoms with Crippen LogP contribution in [-0.2, 0) is 6.54 Å². The molecule has 9 nitrogen and oxygen atoms in total. The summed E-state index contributed by atoms with van der Waals surface area (Å²) in [5.74, 6) is -4.02. The molecule has 0 radical (unpaired) electrons. The lowest BCUT2D eigenvalue weighted by Gasteiger charge is -2.33. The smallest absolute Gasteiger partial charge is 0.271 e. The van der Waals surface area contributed by atoms with E-state index < -0.39 is 42.9 Å². The van der Waals surface area contributed by atoms with Crippen molar-refractivity contribution in [2.24, 2.45) is 5.92 Å². The Morgan fingerprint density at radius 2 is 1.97 bits per heavy atom. The fourth-order valence-corrected chi connectivity index (χ4v) is 3.98. The maximum absolute atomic E-state index is 13.8. The van der Waals surface area contributed by atoms with E-state index in [9.17, 15) is 31.5 Å². The first-order chi connectivity index (χ1) is 16.2. The fraction of sp³-hybridized carbons (Fsp3) is 0.500. The molecule has 2 unspecified atom stereocenters. The Morgan fingerprint density at radius 3 is 2.65 bits per heavy atom. The quantitative estimate of drug-likeness (QED) is 0.388. The summed E-state index contributed by atoms with van der Waals surface area (Å²) in [4.78, 5) is 28.4. The number of aromatic nitrogens is 6. The first-order valence-electron chi connectivity index (χ1n) is 10.5. The van der Waals surface area contributed by atoms with Crippen LogP contribution in [0.1, 0.15) is 58.3 Å². The van der Waals surface area contributed by atoms with Gasteiger partial charge in [-0.1, -0.05) is 5.21 Å². The molecule has 14 heteroatoms. The molecule has 0 aromatic carbocycles. The zero-order chi connectivity index (χ0) is 24.5. The number of fused-ring (bicyclic) bond motifs is 1. The molecule has 0 bridgehead atoms. The van der Waals surface area contributed by atoms with Crippen molar-refractivity contribution in [2.75, 3.05) is 0 Å². The van der Waals surface area contributed by atoms with Crippen molar-refractivity contribution in [3.63, 3.8) is 0 Å². The molecular formula is C20H20F5N7O2. The molecule has 3 aromatic heterocycles. The molecule has 0 aliphatic heterocycles. The molecule has 0 spiro atoms. The van der Waals surface area contributed by atoms with E-state index >= 15 is 0 Å². The molecule has 3 aromatic rings. The van der Waals surface area contributed by atoms with Gasteiger partial charge in [0.15, 0.2) is 18.1 Å². The Balaban J connectivity index is 1.63. The van der Waals surface area contributed by atoms with Crippen LogP contribution in [-0.4, -0.2) is 60.3 Å². The first-order valence-corrected chi connectivity index (χ1v) is 10.5. The zero-order valence-corrected chi connectivity index (χ0v) is 17.6. The van der Waals surface area contributed by atoms with Crippen LogP contribution in [0.15, 0.2) is 24.7 Å². The average Bonchev–Trinajstić information content (AvgIpc) is 3.43. The fourth-order valence-electron chi connectivity index (χ4n) is 3.98. The number of alkyl halides is 5. The van der Waals surface area contributed by atoms with Gasteiger partial charge >= 0.3 is 0 Å². The largest absolute Gasteiger partial charge is 0.342 e. The van der Waals surface area contributed by atoms with Gasteiger partial charge < -0.3 is 5.32 Å². The van der Waals surface area contributed by atoms with Crippen molar-refractivity contribution in [3.8, 4) is 0 Å². The Kier molecular flexibility index (Phi) is 6.57. The van der Waals surface area contributed by atoms with E-state index in [4.69, 9.17) is 0 Å². The predicted molar refractivity (Wildman–Crippen MR) is 106 cm³/mol. The van der Waals surface area contributed by atoms with Crippen LogP contribution in [0.25, 0.3) is 5.65 Å². The summed E-state index contributed by atoms with van der Waals surface area (Å²) < 4.78 is 68.3. The van der Waals surface area contributed by atoms with Crippen LogP contribution in [0.3, 0.4) is 0 Å². The molecule has 3 heterocycles. The number of imidazole rings is 1. The third kappa shape index (κ3) is 5.04. The lowest BCUT2D eigenvalue weighted by atomic mass is 9.81. The number of hydrogen-bond acceptors (Lipinski definition) is 6. The summed E-state index contributed by atoms with van der Waals surface area (Å²) in [5, 5.41) is 13.8. The lowest BCUT2D eigenvalue weighted by Crippen LogP contribution is -2.38. The Hall–Kier alpha value is -3.45. The van der Waals surface area contributed by atoms with Gasteiger partial charge in [0, 0.05) is 18.4 Å². The Bertz CT molecular complexity index is 1170. The van der Waals surface area contributed by atoms with Gasteiger partial charge in [-0.3, -0.25) is 9.59 Å². The molecule has 1 aliphatic rings. The summed E-state index contributed by atoms with van der Waals surface area (Å²) in [7, 11) is 0. The average molecular weight is 485 g/mol. The van der Waals surface area contributed by atoms with Crippen LogP contribution in [0.5, 0.6) is 0 Å². The molecule has 1 aliphatic carbocycles. The third-order valence-electron chi connectivity index (χ3n) is 5.81. The van der Waals surface area contributed by atoms with Gasteiger partial charge in [0.05, 0.1) is 36.9 Å². The second-order valence-corrected chi connectivity index (χ2v) is 8.17. The Morgan fingerprint density at radius 1 is 1.24 bits per heavy atom. The molecule has 1 saturated carbocycles. The monoisotopic (exact) mass is 485 g/mol. The van der Waals surface area contributed by atoms with Crippen LogP contribution in [0.4, 0.5) is 22.0 Å². The highest BCUT2D eigenvalue weighted by atomic mass is 19.3. The molecule has 4 rings (SSSR count). The van der Waals surface area contributed by atoms with Gasteiger partial charge in [0.25, 0.3) is 12.3 Å². The highest BCUT2D eigenvalue weighted by molar-refractivity contribution is 5.92. The van der Waals surface area contributed by atoms with E-state index in [0.717, 1.165) is 10.9 Å². The Labute approximate surface area is 189 Å². The van der Waals surface area contributed by atoms with Crippen molar-refractivity contribution in [2.45, 2.75) is 56.8 Å². The predicted octanol–water partition coefficient (Wildman–Crippen LogP) is 3.03. The van der Waals surface area contributed by atoms with Gasteiger partial charge in [-0.25, -0.2) is 36.1 Å². The number of carbonyl (C=O) groups excluding carboxylic acids is 2. The molecule has 2 atom stereocenters. The SMILES string of the molecule is O=Cc1cnn2cc(C(NC(=O)c3cnnn3CC(F)C(F)F)C3CCC(F)(F)CC3)nc2c1. The summed E-state index contributed by atoms with van der Waals surface area (Å²) in [5.41, 5.74) is 0.634. The number of rotatable bonds is 8. The minimum absolute atomic E-state index is 0.0916. The van der Waals surface area contributed by atoms with E-state index in [-0.39, 0.29) is 36.9 Å². The normalized spacial score (nSPS) is 18.2. The summed E-state index contributed by atoms with van der Waals surface area (Å²) in [6, 6.07) is 0.631. The number of hydrogen-bond donors (Lipinski definition) is 1. The second-order valence-electron chi connectivity index (χ2n) is 8.17. The van der Waals surface area contributed by atoms with Gasteiger partial charge in [0.2, 0.25) is 5.92 Å². The minimum atomic E-state index is -3.27. The maximum atomic E-state index is 13.8. The van der Waals surface area contributed by atoms with E-state index in [0.29, 0.717) is 17.6 Å². The number of aldehydes is 1. The molecule has 1 fully saturated rings. The van der Waals surface area contributed by atoms with Crippen LogP contribution in [0.2, 0.25) is 0 Å². The van der Waals surface area contributed by atoms with Crippen LogP contribution < -0.4 is 5.32 Å². The molecular weight excluding hydrogens is 465 g/mol. The van der Waals surface area contributed by atoms with Gasteiger partial charge in [0.1, 0.15) is 5.69 Å². The zero-order valence-electron chi connectivity index (χ0n) is 17.6. The topological polar surface area (TPSA) is 107 Å². The van der Waals surface area contributed by atoms with Gasteiger partial charge in [-0.05, 0) is 24.8 Å². The van der Waals surface area contributed by atoms with E-state index in [1.54, 1.807) is 0 Å². The van der Waals surface area contributed by atoms with Crippen molar-refractivity contribution < 1.29 is 31.5 Å². The molecule has 34 heavy (non-hydrogen) atoms. The third-order valence-corrected chi connectivity index (χ3v) is 5.81. The molecule has 182 valence electrons. The lowest BCUT2D eigenvalue weighted by molar-refractivity contribution is -0.0495. The molecule has 1 N–H and O–H groups in total.